The maximum Gasteiger partial charge on any atom is 0.306 e. The third-order valence-electron chi connectivity index (χ3n) is 3.04. The van der Waals surface area contributed by atoms with E-state index in [0.29, 0.717) is 10.6 Å². The van der Waals surface area contributed by atoms with E-state index in [2.05, 4.69) is 0 Å². The molecule has 2 aromatic carbocycles. The maximum atomic E-state index is 12.3. The van der Waals surface area contributed by atoms with Gasteiger partial charge in [0.05, 0.1) is 11.8 Å². The summed E-state index contributed by atoms with van der Waals surface area (Å²) in [6.07, 6.45) is 2.52. The Morgan fingerprint density at radius 1 is 1.17 bits per heavy atom. The summed E-state index contributed by atoms with van der Waals surface area (Å²) in [5.74, 6) is 0.192. The second-order valence-corrected chi connectivity index (χ2v) is 6.95. The van der Waals surface area contributed by atoms with Crippen molar-refractivity contribution in [3.63, 3.8) is 0 Å². The highest BCUT2D eigenvalue weighted by Gasteiger charge is 2.28. The number of halogens is 1. The van der Waals surface area contributed by atoms with Crippen molar-refractivity contribution in [1.82, 2.24) is 0 Å². The van der Waals surface area contributed by atoms with E-state index in [4.69, 9.17) is 20.5 Å². The zero-order chi connectivity index (χ0) is 16.6. The van der Waals surface area contributed by atoms with Crippen molar-refractivity contribution in [2.45, 2.75) is 0 Å². The summed E-state index contributed by atoms with van der Waals surface area (Å²) in [7, 11) is -3.64. The predicted octanol–water partition coefficient (Wildman–Crippen LogP) is 3.29. The van der Waals surface area contributed by atoms with E-state index < -0.39 is 10.1 Å². The SMILES string of the molecule is CS(=O)(=O)Oc1ccc2c(c1)OC(=Cc1cccc(Cl)c1)C2=O. The molecule has 2 aromatic rings. The minimum absolute atomic E-state index is 0.0862. The smallest absolute Gasteiger partial charge is 0.306 e. The second-order valence-electron chi connectivity index (χ2n) is 4.94. The number of hydrogen-bond donors (Lipinski definition) is 0. The summed E-state index contributed by atoms with van der Waals surface area (Å²) in [4.78, 5) is 12.3. The van der Waals surface area contributed by atoms with Crippen molar-refractivity contribution in [3.8, 4) is 11.5 Å². The van der Waals surface area contributed by atoms with Crippen molar-refractivity contribution in [3.05, 3.63) is 64.4 Å². The molecular weight excluding hydrogens is 340 g/mol. The number of benzene rings is 2. The van der Waals surface area contributed by atoms with Crippen molar-refractivity contribution in [2.24, 2.45) is 0 Å². The fourth-order valence-corrected chi connectivity index (χ4v) is 2.79. The van der Waals surface area contributed by atoms with Gasteiger partial charge in [-0.1, -0.05) is 23.7 Å². The molecule has 0 amide bonds. The first kappa shape index (κ1) is 15.6. The van der Waals surface area contributed by atoms with Crippen LogP contribution >= 0.6 is 11.6 Å². The average Bonchev–Trinajstić information content (AvgIpc) is 2.73. The number of hydrogen-bond acceptors (Lipinski definition) is 5. The minimum atomic E-state index is -3.64. The molecule has 0 spiro atoms. The van der Waals surface area contributed by atoms with Crippen LogP contribution in [0, 0.1) is 0 Å². The molecule has 0 unspecified atom stereocenters. The van der Waals surface area contributed by atoms with Gasteiger partial charge in [-0.25, -0.2) is 0 Å². The second kappa shape index (κ2) is 5.72. The van der Waals surface area contributed by atoms with E-state index in [1.54, 1.807) is 30.3 Å². The van der Waals surface area contributed by atoms with Crippen molar-refractivity contribution >= 4 is 33.6 Å². The molecule has 23 heavy (non-hydrogen) atoms. The number of carbonyl (C=O) groups is 1. The maximum absolute atomic E-state index is 12.3. The van der Waals surface area contributed by atoms with Crippen LogP contribution in [0.15, 0.2) is 48.2 Å². The standard InChI is InChI=1S/C16H11ClO5S/c1-23(19,20)22-12-5-6-13-14(9-12)21-15(16(13)18)8-10-3-2-4-11(17)7-10/h2-9H,1H3. The third-order valence-corrected chi connectivity index (χ3v) is 3.77. The summed E-state index contributed by atoms with van der Waals surface area (Å²) >= 11 is 5.91. The monoisotopic (exact) mass is 350 g/mol. The van der Waals surface area contributed by atoms with Crippen molar-refractivity contribution in [1.29, 1.82) is 0 Å². The van der Waals surface area contributed by atoms with Gasteiger partial charge in [0.1, 0.15) is 11.5 Å². The van der Waals surface area contributed by atoms with Crippen LogP contribution in [0.5, 0.6) is 11.5 Å². The van der Waals surface area contributed by atoms with Gasteiger partial charge in [0, 0.05) is 11.1 Å². The number of Topliss-reactive ketones (excluding diaryl/α,β-unsaturated/α-hetero) is 1. The quantitative estimate of drug-likeness (QED) is 0.627. The Labute approximate surface area is 138 Å². The molecule has 0 aliphatic carbocycles. The largest absolute Gasteiger partial charge is 0.452 e. The number of rotatable bonds is 3. The van der Waals surface area contributed by atoms with Gasteiger partial charge in [-0.2, -0.15) is 8.42 Å². The fraction of sp³-hybridized carbons (Fsp3) is 0.0625. The number of carbonyl (C=O) groups excluding carboxylic acids is 1. The van der Waals surface area contributed by atoms with Gasteiger partial charge in [-0.05, 0) is 35.9 Å². The highest BCUT2D eigenvalue weighted by molar-refractivity contribution is 7.86. The Hall–Kier alpha value is -2.31. The molecule has 1 aliphatic rings. The molecule has 0 atom stereocenters. The van der Waals surface area contributed by atoms with Gasteiger partial charge in [0.2, 0.25) is 5.78 Å². The molecule has 0 saturated heterocycles. The zero-order valence-electron chi connectivity index (χ0n) is 11.9. The molecule has 0 radical (unpaired) electrons. The first-order valence-corrected chi connectivity index (χ1v) is 8.74. The summed E-state index contributed by atoms with van der Waals surface area (Å²) < 4.78 is 32.6. The molecule has 1 heterocycles. The molecule has 0 aromatic heterocycles. The first-order chi connectivity index (χ1) is 10.8. The number of allylic oxidation sites excluding steroid dienone is 1. The van der Waals surface area contributed by atoms with Crippen LogP contribution < -0.4 is 8.92 Å². The number of fused-ring (bicyclic) bond motifs is 1. The fourth-order valence-electron chi connectivity index (χ4n) is 2.14. The normalized spacial score (nSPS) is 15.4. The van der Waals surface area contributed by atoms with Crippen LogP contribution in [0.4, 0.5) is 0 Å². The van der Waals surface area contributed by atoms with Crippen LogP contribution in [-0.2, 0) is 10.1 Å². The lowest BCUT2D eigenvalue weighted by molar-refractivity contribution is 0.101. The van der Waals surface area contributed by atoms with Crippen LogP contribution in [0.3, 0.4) is 0 Å². The lowest BCUT2D eigenvalue weighted by Crippen LogP contribution is -2.05. The topological polar surface area (TPSA) is 69.7 Å². The van der Waals surface area contributed by atoms with Crippen LogP contribution in [0.2, 0.25) is 5.02 Å². The molecule has 7 heteroatoms. The Bertz CT molecular complexity index is 931. The summed E-state index contributed by atoms with van der Waals surface area (Å²) in [6.45, 7) is 0. The van der Waals surface area contributed by atoms with Crippen molar-refractivity contribution < 1.29 is 22.1 Å². The summed E-state index contributed by atoms with van der Waals surface area (Å²) in [5.41, 5.74) is 1.07. The third kappa shape index (κ3) is 3.55. The highest BCUT2D eigenvalue weighted by Crippen LogP contribution is 2.35. The van der Waals surface area contributed by atoms with E-state index in [-0.39, 0.29) is 23.0 Å². The first-order valence-electron chi connectivity index (χ1n) is 6.55. The predicted molar refractivity (Wildman–Crippen MR) is 86.3 cm³/mol. The van der Waals surface area contributed by atoms with E-state index in [0.717, 1.165) is 11.8 Å². The molecule has 0 bridgehead atoms. The van der Waals surface area contributed by atoms with Crippen LogP contribution in [-0.4, -0.2) is 20.5 Å². The molecule has 5 nitrogen and oxygen atoms in total. The molecule has 1 aliphatic heterocycles. The molecule has 118 valence electrons. The summed E-state index contributed by atoms with van der Waals surface area (Å²) in [6, 6.07) is 11.2. The van der Waals surface area contributed by atoms with E-state index in [9.17, 15) is 13.2 Å². The molecule has 3 rings (SSSR count). The average molecular weight is 351 g/mol. The van der Waals surface area contributed by atoms with Gasteiger partial charge in [-0.15, -0.1) is 0 Å². The summed E-state index contributed by atoms with van der Waals surface area (Å²) in [5, 5.41) is 0.547. The Morgan fingerprint density at radius 3 is 2.65 bits per heavy atom. The van der Waals surface area contributed by atoms with Gasteiger partial charge in [0.15, 0.2) is 5.76 Å². The minimum Gasteiger partial charge on any atom is -0.452 e. The van der Waals surface area contributed by atoms with Crippen LogP contribution in [0.1, 0.15) is 15.9 Å². The molecular formula is C16H11ClO5S. The van der Waals surface area contributed by atoms with Gasteiger partial charge in [0.25, 0.3) is 0 Å². The lowest BCUT2D eigenvalue weighted by atomic mass is 10.1. The van der Waals surface area contributed by atoms with E-state index >= 15 is 0 Å². The van der Waals surface area contributed by atoms with Gasteiger partial charge in [-0.3, -0.25) is 4.79 Å². The van der Waals surface area contributed by atoms with E-state index in [1.165, 1.54) is 18.2 Å². The van der Waals surface area contributed by atoms with Gasteiger partial charge < -0.3 is 8.92 Å². The highest BCUT2D eigenvalue weighted by atomic mass is 35.5. The Morgan fingerprint density at radius 2 is 1.96 bits per heavy atom. The molecule has 0 N–H and O–H groups in total. The van der Waals surface area contributed by atoms with E-state index in [1.807, 2.05) is 0 Å². The number of ether oxygens (including phenoxy) is 1. The molecule has 0 fully saturated rings. The molecule has 0 saturated carbocycles. The Balaban J connectivity index is 1.92. The van der Waals surface area contributed by atoms with Gasteiger partial charge >= 0.3 is 10.1 Å². The van der Waals surface area contributed by atoms with Crippen molar-refractivity contribution in [2.75, 3.05) is 6.26 Å². The number of ketones is 1. The lowest BCUT2D eigenvalue weighted by Gasteiger charge is -2.04. The Kier molecular flexibility index (Phi) is 3.87. The van der Waals surface area contributed by atoms with Crippen LogP contribution in [0.25, 0.3) is 6.08 Å². The zero-order valence-corrected chi connectivity index (χ0v) is 13.5.